The van der Waals surface area contributed by atoms with Gasteiger partial charge in [-0.15, -0.1) is 0 Å². The number of nitrogens with two attached hydrogens (primary N) is 1. The summed E-state index contributed by atoms with van der Waals surface area (Å²) in [4.78, 5) is 22.6. The molecule has 1 amide bonds. The summed E-state index contributed by atoms with van der Waals surface area (Å²) in [6.45, 7) is 5.04. The van der Waals surface area contributed by atoms with Crippen molar-refractivity contribution in [3.63, 3.8) is 0 Å². The van der Waals surface area contributed by atoms with Crippen molar-refractivity contribution in [3.8, 4) is 0 Å². The van der Waals surface area contributed by atoms with Gasteiger partial charge in [-0.25, -0.2) is 4.79 Å². The number of rotatable bonds is 4. The first kappa shape index (κ1) is 13.6. The van der Waals surface area contributed by atoms with Crippen molar-refractivity contribution in [2.24, 2.45) is 5.73 Å². The molecule has 0 atom stereocenters. The summed E-state index contributed by atoms with van der Waals surface area (Å²) in [5.41, 5.74) is 5.51. The van der Waals surface area contributed by atoms with Crippen molar-refractivity contribution in [2.45, 2.75) is 32.7 Å². The average Bonchev–Trinajstić information content (AvgIpc) is 2.42. The van der Waals surface area contributed by atoms with Gasteiger partial charge in [-0.2, -0.15) is 4.37 Å². The van der Waals surface area contributed by atoms with E-state index in [1.807, 2.05) is 0 Å². The molecule has 0 saturated heterocycles. The van der Waals surface area contributed by atoms with Gasteiger partial charge in [-0.3, -0.25) is 4.79 Å². The van der Waals surface area contributed by atoms with Crippen molar-refractivity contribution >= 4 is 28.4 Å². The molecule has 4 N–H and O–H groups in total. The highest BCUT2D eigenvalue weighted by atomic mass is 32.1. The standard InChI is InChI=1S/C10H15N3O3S/c1-5-7(9(15)16)8(17-13-5)12-6(14)4-10(2,3)11/h4,11H2,1-3H3,(H,12,14)(H,15,16). The quantitative estimate of drug-likeness (QED) is 0.752. The summed E-state index contributed by atoms with van der Waals surface area (Å²) in [7, 11) is 0. The fourth-order valence-corrected chi connectivity index (χ4v) is 2.10. The van der Waals surface area contributed by atoms with Gasteiger partial charge >= 0.3 is 5.97 Å². The lowest BCUT2D eigenvalue weighted by Gasteiger charge is -2.17. The van der Waals surface area contributed by atoms with E-state index in [4.69, 9.17) is 10.8 Å². The Labute approximate surface area is 103 Å². The van der Waals surface area contributed by atoms with Crippen molar-refractivity contribution in [3.05, 3.63) is 11.3 Å². The first-order valence-electron chi connectivity index (χ1n) is 4.99. The molecule has 0 aliphatic heterocycles. The summed E-state index contributed by atoms with van der Waals surface area (Å²) >= 11 is 0.955. The molecule has 0 saturated carbocycles. The lowest BCUT2D eigenvalue weighted by molar-refractivity contribution is -0.117. The minimum atomic E-state index is -1.10. The molecular weight excluding hydrogens is 242 g/mol. The molecule has 0 radical (unpaired) electrons. The molecule has 94 valence electrons. The molecule has 17 heavy (non-hydrogen) atoms. The topological polar surface area (TPSA) is 105 Å². The van der Waals surface area contributed by atoms with Gasteiger partial charge in [-0.1, -0.05) is 0 Å². The maximum Gasteiger partial charge on any atom is 0.340 e. The highest BCUT2D eigenvalue weighted by Crippen LogP contribution is 2.24. The van der Waals surface area contributed by atoms with E-state index >= 15 is 0 Å². The Morgan fingerprint density at radius 1 is 1.53 bits per heavy atom. The number of hydrogen-bond donors (Lipinski definition) is 3. The lowest BCUT2D eigenvalue weighted by Crippen LogP contribution is -2.36. The Bertz CT molecular complexity index is 448. The van der Waals surface area contributed by atoms with Gasteiger partial charge in [0, 0.05) is 12.0 Å². The fourth-order valence-electron chi connectivity index (χ4n) is 1.29. The summed E-state index contributed by atoms with van der Waals surface area (Å²) < 4.78 is 3.90. The summed E-state index contributed by atoms with van der Waals surface area (Å²) in [6.07, 6.45) is 0.114. The van der Waals surface area contributed by atoms with Crippen LogP contribution in [0, 0.1) is 6.92 Å². The second-order valence-electron chi connectivity index (χ2n) is 4.49. The Hall–Kier alpha value is -1.47. The van der Waals surface area contributed by atoms with E-state index in [1.165, 1.54) is 0 Å². The maximum absolute atomic E-state index is 11.6. The molecule has 1 heterocycles. The number of aromatic carboxylic acids is 1. The van der Waals surface area contributed by atoms with E-state index in [2.05, 4.69) is 9.69 Å². The summed E-state index contributed by atoms with van der Waals surface area (Å²) in [6, 6.07) is 0. The zero-order valence-corrected chi connectivity index (χ0v) is 10.7. The van der Waals surface area contributed by atoms with E-state index in [0.717, 1.165) is 11.5 Å². The van der Waals surface area contributed by atoms with Crippen LogP contribution in [0.5, 0.6) is 0 Å². The smallest absolute Gasteiger partial charge is 0.340 e. The fraction of sp³-hybridized carbons (Fsp3) is 0.500. The number of anilines is 1. The molecule has 1 rings (SSSR count). The normalized spacial score (nSPS) is 11.3. The van der Waals surface area contributed by atoms with Crippen LogP contribution in [0.1, 0.15) is 36.3 Å². The van der Waals surface area contributed by atoms with Crippen LogP contribution in [0.15, 0.2) is 0 Å². The van der Waals surface area contributed by atoms with Crippen LogP contribution < -0.4 is 11.1 Å². The number of nitrogens with zero attached hydrogens (tertiary/aromatic N) is 1. The Morgan fingerprint density at radius 3 is 2.59 bits per heavy atom. The molecular formula is C10H15N3O3S. The van der Waals surface area contributed by atoms with Crippen LogP contribution in [0.2, 0.25) is 0 Å². The Kier molecular flexibility index (Phi) is 3.84. The zero-order chi connectivity index (χ0) is 13.2. The third-order valence-corrected chi connectivity index (χ3v) is 2.80. The van der Waals surface area contributed by atoms with E-state index < -0.39 is 11.5 Å². The van der Waals surface area contributed by atoms with Crippen molar-refractivity contribution in [1.82, 2.24) is 4.37 Å². The minimum absolute atomic E-state index is 0.0400. The summed E-state index contributed by atoms with van der Waals surface area (Å²) in [5.74, 6) is -1.41. The molecule has 7 heteroatoms. The zero-order valence-electron chi connectivity index (χ0n) is 9.90. The molecule has 0 unspecified atom stereocenters. The van der Waals surface area contributed by atoms with E-state index in [-0.39, 0.29) is 22.9 Å². The second-order valence-corrected chi connectivity index (χ2v) is 5.26. The number of carbonyl (C=O) groups excluding carboxylic acids is 1. The lowest BCUT2D eigenvalue weighted by atomic mass is 10.0. The minimum Gasteiger partial charge on any atom is -0.478 e. The second kappa shape index (κ2) is 4.80. The number of aromatic nitrogens is 1. The van der Waals surface area contributed by atoms with Crippen LogP contribution in [0.3, 0.4) is 0 Å². The summed E-state index contributed by atoms with van der Waals surface area (Å²) in [5, 5.41) is 11.8. The molecule has 1 aromatic rings. The van der Waals surface area contributed by atoms with Crippen LogP contribution in [0.4, 0.5) is 5.00 Å². The molecule has 1 aromatic heterocycles. The number of amides is 1. The average molecular weight is 257 g/mol. The molecule has 0 aromatic carbocycles. The maximum atomic E-state index is 11.6. The van der Waals surface area contributed by atoms with E-state index in [0.29, 0.717) is 5.69 Å². The number of carbonyl (C=O) groups is 2. The van der Waals surface area contributed by atoms with Crippen molar-refractivity contribution in [1.29, 1.82) is 0 Å². The Balaban J connectivity index is 2.83. The number of carboxylic acid groups (broad SMARTS) is 1. The largest absolute Gasteiger partial charge is 0.478 e. The van der Waals surface area contributed by atoms with Crippen LogP contribution in [-0.2, 0) is 4.79 Å². The molecule has 0 aliphatic rings. The molecule has 0 aliphatic carbocycles. The van der Waals surface area contributed by atoms with E-state index in [1.54, 1.807) is 20.8 Å². The predicted octanol–water partition coefficient (Wildman–Crippen LogP) is 1.22. The third kappa shape index (κ3) is 3.79. The van der Waals surface area contributed by atoms with Crippen LogP contribution in [-0.4, -0.2) is 26.9 Å². The van der Waals surface area contributed by atoms with Gasteiger partial charge in [0.2, 0.25) is 5.91 Å². The highest BCUT2D eigenvalue weighted by Gasteiger charge is 2.21. The first-order chi connectivity index (χ1) is 7.70. The Morgan fingerprint density at radius 2 is 2.12 bits per heavy atom. The number of hydrogen-bond acceptors (Lipinski definition) is 5. The molecule has 6 nitrogen and oxygen atoms in total. The van der Waals surface area contributed by atoms with Gasteiger partial charge < -0.3 is 16.2 Å². The van der Waals surface area contributed by atoms with Gasteiger partial charge in [-0.05, 0) is 32.3 Å². The highest BCUT2D eigenvalue weighted by molar-refractivity contribution is 7.11. The van der Waals surface area contributed by atoms with Gasteiger partial charge in [0.1, 0.15) is 10.6 Å². The van der Waals surface area contributed by atoms with Gasteiger partial charge in [0.05, 0.1) is 5.69 Å². The van der Waals surface area contributed by atoms with Gasteiger partial charge in [0.15, 0.2) is 0 Å². The van der Waals surface area contributed by atoms with Crippen LogP contribution in [0.25, 0.3) is 0 Å². The SMILES string of the molecule is Cc1nsc(NC(=O)CC(C)(C)N)c1C(=O)O. The van der Waals surface area contributed by atoms with E-state index in [9.17, 15) is 9.59 Å². The van der Waals surface area contributed by atoms with Crippen LogP contribution >= 0.6 is 11.5 Å². The number of carboxylic acids is 1. The van der Waals surface area contributed by atoms with Gasteiger partial charge in [0.25, 0.3) is 0 Å². The van der Waals surface area contributed by atoms with Crippen molar-refractivity contribution < 1.29 is 14.7 Å². The molecule has 0 bridgehead atoms. The first-order valence-corrected chi connectivity index (χ1v) is 5.76. The number of nitrogens with one attached hydrogen (secondary N) is 1. The third-order valence-electron chi connectivity index (χ3n) is 1.95. The monoisotopic (exact) mass is 257 g/mol. The number of aryl methyl sites for hydroxylation is 1. The predicted molar refractivity (Wildman–Crippen MR) is 65.3 cm³/mol. The van der Waals surface area contributed by atoms with Crippen molar-refractivity contribution in [2.75, 3.05) is 5.32 Å². The molecule has 0 fully saturated rings. The molecule has 0 spiro atoms.